The lowest BCUT2D eigenvalue weighted by molar-refractivity contribution is -0.133. The molecule has 0 rings (SSSR count). The standard InChI is InChI=1S/C2H3IO2S/c3-6-1-2(4)5/h1H2,(H,4,5). The molecule has 6 heavy (non-hydrogen) atoms. The predicted octanol–water partition coefficient (Wildman–Crippen LogP) is 1.15. The van der Waals surface area contributed by atoms with Gasteiger partial charge in [-0.15, -0.1) is 0 Å². The first-order valence-corrected chi connectivity index (χ1v) is 4.75. The highest BCUT2D eigenvalue weighted by atomic mass is 127. The van der Waals surface area contributed by atoms with Crippen LogP contribution >= 0.6 is 30.1 Å². The zero-order valence-electron chi connectivity index (χ0n) is 2.85. The molecule has 0 amide bonds. The van der Waals surface area contributed by atoms with Gasteiger partial charge in [-0.3, -0.25) is 4.79 Å². The Bertz CT molecular complexity index is 55.5. The molecule has 0 atom stereocenters. The van der Waals surface area contributed by atoms with Crippen LogP contribution < -0.4 is 0 Å². The SMILES string of the molecule is O=C(O)CSI. The second kappa shape index (κ2) is 3.73. The van der Waals surface area contributed by atoms with Gasteiger partial charge in [-0.05, 0) is 21.2 Å². The van der Waals surface area contributed by atoms with Crippen LogP contribution in [0.1, 0.15) is 0 Å². The molecule has 0 aliphatic heterocycles. The van der Waals surface area contributed by atoms with Crippen molar-refractivity contribution in [3.63, 3.8) is 0 Å². The van der Waals surface area contributed by atoms with Crippen molar-refractivity contribution >= 4 is 36.1 Å². The predicted molar refractivity (Wildman–Crippen MR) is 34.1 cm³/mol. The third-order valence-corrected chi connectivity index (χ3v) is 1.47. The zero-order valence-corrected chi connectivity index (χ0v) is 5.82. The van der Waals surface area contributed by atoms with Gasteiger partial charge in [0.15, 0.2) is 0 Å². The van der Waals surface area contributed by atoms with Crippen LogP contribution in [0.25, 0.3) is 0 Å². The van der Waals surface area contributed by atoms with Gasteiger partial charge in [-0.25, -0.2) is 0 Å². The van der Waals surface area contributed by atoms with E-state index in [0.29, 0.717) is 0 Å². The number of hydrogen-bond acceptors (Lipinski definition) is 2. The monoisotopic (exact) mass is 218 g/mol. The summed E-state index contributed by atoms with van der Waals surface area (Å²) in [4.78, 5) is 9.57. The van der Waals surface area contributed by atoms with Gasteiger partial charge in [-0.2, -0.15) is 0 Å². The fraction of sp³-hybridized carbons (Fsp3) is 0.500. The molecule has 1 N–H and O–H groups in total. The maximum absolute atomic E-state index is 9.57. The number of carbonyl (C=O) groups is 1. The lowest BCUT2D eigenvalue weighted by atomic mass is 10.8. The van der Waals surface area contributed by atoms with Crippen molar-refractivity contribution in [3.8, 4) is 0 Å². The van der Waals surface area contributed by atoms with Gasteiger partial charge in [0.2, 0.25) is 0 Å². The van der Waals surface area contributed by atoms with Gasteiger partial charge < -0.3 is 5.11 Å². The molecule has 0 heterocycles. The summed E-state index contributed by atoms with van der Waals surface area (Å²) in [6, 6.07) is 0. The fourth-order valence-electron chi connectivity index (χ4n) is 0.0467. The molecule has 0 aliphatic rings. The largest absolute Gasteiger partial charge is 0.481 e. The maximum atomic E-state index is 9.57. The zero-order chi connectivity index (χ0) is 4.99. The second-order valence-electron chi connectivity index (χ2n) is 0.647. The number of halogens is 1. The van der Waals surface area contributed by atoms with Crippen LogP contribution in [0.3, 0.4) is 0 Å². The van der Waals surface area contributed by atoms with E-state index in [1.54, 1.807) is 0 Å². The van der Waals surface area contributed by atoms with E-state index in [9.17, 15) is 4.79 Å². The molecule has 0 radical (unpaired) electrons. The summed E-state index contributed by atoms with van der Waals surface area (Å²) in [5, 5.41) is 7.89. The third-order valence-electron chi connectivity index (χ3n) is 0.178. The molecule has 0 saturated carbocycles. The lowest BCUT2D eigenvalue weighted by Crippen LogP contribution is -1.94. The summed E-state index contributed by atoms with van der Waals surface area (Å²) in [6.07, 6.45) is 0. The highest BCUT2D eigenvalue weighted by Crippen LogP contribution is 2.08. The Morgan fingerprint density at radius 2 is 2.50 bits per heavy atom. The molecule has 0 saturated heterocycles. The Balaban J connectivity index is 2.83. The summed E-state index contributed by atoms with van der Waals surface area (Å²) in [6.45, 7) is 0. The third kappa shape index (κ3) is 4.55. The van der Waals surface area contributed by atoms with Gasteiger partial charge in [0, 0.05) is 0 Å². The van der Waals surface area contributed by atoms with Crippen LogP contribution in [0.4, 0.5) is 0 Å². The fourth-order valence-corrected chi connectivity index (χ4v) is 0.939. The Morgan fingerprint density at radius 1 is 2.00 bits per heavy atom. The first-order valence-electron chi connectivity index (χ1n) is 1.22. The van der Waals surface area contributed by atoms with Crippen LogP contribution in [0.5, 0.6) is 0 Å². The van der Waals surface area contributed by atoms with Gasteiger partial charge in [0.05, 0.1) is 0 Å². The van der Waals surface area contributed by atoms with E-state index in [1.165, 1.54) is 8.93 Å². The van der Waals surface area contributed by atoms with Crippen LogP contribution in [-0.4, -0.2) is 16.8 Å². The minimum absolute atomic E-state index is 0.195. The van der Waals surface area contributed by atoms with Crippen molar-refractivity contribution in [1.82, 2.24) is 0 Å². The van der Waals surface area contributed by atoms with E-state index in [4.69, 9.17) is 5.11 Å². The van der Waals surface area contributed by atoms with E-state index < -0.39 is 5.97 Å². The first-order chi connectivity index (χ1) is 2.77. The number of aliphatic carboxylic acids is 1. The highest BCUT2D eigenvalue weighted by molar-refractivity contribution is 14.2. The van der Waals surface area contributed by atoms with Crippen molar-refractivity contribution in [2.45, 2.75) is 0 Å². The molecule has 36 valence electrons. The van der Waals surface area contributed by atoms with Crippen molar-refractivity contribution in [3.05, 3.63) is 0 Å². The Labute approximate surface area is 51.9 Å². The van der Waals surface area contributed by atoms with Crippen molar-refractivity contribution in [2.24, 2.45) is 0 Å². The van der Waals surface area contributed by atoms with Gasteiger partial charge in [0.1, 0.15) is 5.75 Å². The minimum Gasteiger partial charge on any atom is -0.481 e. The molecule has 0 unspecified atom stereocenters. The van der Waals surface area contributed by atoms with Gasteiger partial charge in [-0.1, -0.05) is 8.93 Å². The molecular weight excluding hydrogens is 215 g/mol. The van der Waals surface area contributed by atoms with Gasteiger partial charge in [0.25, 0.3) is 0 Å². The van der Waals surface area contributed by atoms with Crippen molar-refractivity contribution in [2.75, 3.05) is 5.75 Å². The lowest BCUT2D eigenvalue weighted by Gasteiger charge is -1.78. The van der Waals surface area contributed by atoms with Gasteiger partial charge >= 0.3 is 5.97 Å². The number of hydrogen-bond donors (Lipinski definition) is 1. The Morgan fingerprint density at radius 3 is 2.50 bits per heavy atom. The minimum atomic E-state index is -0.755. The van der Waals surface area contributed by atoms with Crippen LogP contribution in [0, 0.1) is 0 Å². The molecule has 0 bridgehead atoms. The summed E-state index contributed by atoms with van der Waals surface area (Å²) < 4.78 is 0. The molecular formula is C2H3IO2S. The van der Waals surface area contributed by atoms with Crippen LogP contribution in [-0.2, 0) is 4.79 Å². The number of rotatable bonds is 2. The van der Waals surface area contributed by atoms with E-state index >= 15 is 0 Å². The second-order valence-corrected chi connectivity index (χ2v) is 3.02. The highest BCUT2D eigenvalue weighted by Gasteiger charge is 1.89. The molecule has 0 fully saturated rings. The van der Waals surface area contributed by atoms with E-state index in [2.05, 4.69) is 0 Å². The van der Waals surface area contributed by atoms with Crippen LogP contribution in [0.15, 0.2) is 0 Å². The maximum Gasteiger partial charge on any atom is 0.314 e. The van der Waals surface area contributed by atoms with Crippen LogP contribution in [0.2, 0.25) is 0 Å². The van der Waals surface area contributed by atoms with Crippen molar-refractivity contribution in [1.29, 1.82) is 0 Å². The number of carboxylic acid groups (broad SMARTS) is 1. The quantitative estimate of drug-likeness (QED) is 0.706. The van der Waals surface area contributed by atoms with E-state index in [1.807, 2.05) is 21.2 Å². The summed E-state index contributed by atoms with van der Waals surface area (Å²) in [7, 11) is 1.28. The smallest absolute Gasteiger partial charge is 0.314 e. The Kier molecular flexibility index (Phi) is 4.07. The molecule has 2 nitrogen and oxygen atoms in total. The van der Waals surface area contributed by atoms with Crippen molar-refractivity contribution < 1.29 is 9.90 Å². The average molecular weight is 218 g/mol. The summed E-state index contributed by atoms with van der Waals surface area (Å²) >= 11 is 1.94. The molecule has 0 aromatic carbocycles. The van der Waals surface area contributed by atoms with E-state index in [-0.39, 0.29) is 5.75 Å². The summed E-state index contributed by atoms with van der Waals surface area (Å²) in [5.74, 6) is -0.560. The molecule has 0 aromatic heterocycles. The molecule has 4 heteroatoms. The average Bonchev–Trinajstić information content (AvgIpc) is 1.35. The summed E-state index contributed by atoms with van der Waals surface area (Å²) in [5.41, 5.74) is 0. The molecule has 0 aromatic rings. The Hall–Kier alpha value is 0.550. The normalized spacial score (nSPS) is 8.17. The molecule has 0 spiro atoms. The molecule has 0 aliphatic carbocycles. The number of carboxylic acids is 1. The first kappa shape index (κ1) is 6.55. The topological polar surface area (TPSA) is 37.3 Å². The van der Waals surface area contributed by atoms with E-state index in [0.717, 1.165) is 0 Å².